The van der Waals surface area contributed by atoms with Gasteiger partial charge in [0.25, 0.3) is 0 Å². The van der Waals surface area contributed by atoms with Crippen LogP contribution in [-0.4, -0.2) is 40.8 Å². The lowest BCUT2D eigenvalue weighted by molar-refractivity contribution is -0.0965. The number of nitrogens with two attached hydrogens (primary N) is 1. The van der Waals surface area contributed by atoms with Crippen LogP contribution in [0.5, 0.6) is 5.75 Å². The standard InChI is InChI=1S/C28H27N3O6/c29-26(32)31(37-28(34)30-22(18-36-27(30)33)15-19-7-3-1-4-8-19)25-14-11-21-16-23(12-13-24(21)25)35-17-20-9-5-2-6-10-20/h1-10,12-13,16,22,25H,11,14-15,17-18H2,(H2,29,32)/t22-,25+/m1/s1. The van der Waals surface area contributed by atoms with E-state index in [0.29, 0.717) is 31.6 Å². The van der Waals surface area contributed by atoms with Gasteiger partial charge >= 0.3 is 18.2 Å². The van der Waals surface area contributed by atoms with Gasteiger partial charge in [0, 0.05) is 0 Å². The van der Waals surface area contributed by atoms with E-state index in [-0.39, 0.29) is 6.61 Å². The molecule has 37 heavy (non-hydrogen) atoms. The van der Waals surface area contributed by atoms with E-state index in [1.807, 2.05) is 78.9 Å². The van der Waals surface area contributed by atoms with Crippen LogP contribution in [0, 0.1) is 0 Å². The van der Waals surface area contributed by atoms with Crippen LogP contribution in [0.15, 0.2) is 78.9 Å². The van der Waals surface area contributed by atoms with Gasteiger partial charge in [-0.25, -0.2) is 19.3 Å². The summed E-state index contributed by atoms with van der Waals surface area (Å²) in [6, 6.07) is 22.8. The van der Waals surface area contributed by atoms with E-state index < -0.39 is 30.3 Å². The normalized spacial score (nSPS) is 18.2. The summed E-state index contributed by atoms with van der Waals surface area (Å²) in [5.41, 5.74) is 9.38. The van der Waals surface area contributed by atoms with Crippen LogP contribution in [0.2, 0.25) is 0 Å². The van der Waals surface area contributed by atoms with Crippen LogP contribution < -0.4 is 10.5 Å². The summed E-state index contributed by atoms with van der Waals surface area (Å²) in [4.78, 5) is 44.1. The van der Waals surface area contributed by atoms with Gasteiger partial charge in [-0.15, -0.1) is 5.06 Å². The Morgan fingerprint density at radius 1 is 1.00 bits per heavy atom. The van der Waals surface area contributed by atoms with Crippen LogP contribution in [0.1, 0.15) is 34.7 Å². The Kier molecular flexibility index (Phi) is 6.93. The Labute approximate surface area is 214 Å². The van der Waals surface area contributed by atoms with E-state index in [9.17, 15) is 14.4 Å². The first-order valence-corrected chi connectivity index (χ1v) is 12.1. The minimum atomic E-state index is -1.00. The highest BCUT2D eigenvalue weighted by Gasteiger charge is 2.42. The number of rotatable bonds is 6. The number of carbonyl (C=O) groups excluding carboxylic acids is 3. The average molecular weight is 502 g/mol. The minimum absolute atomic E-state index is 0.0391. The molecular weight excluding hydrogens is 474 g/mol. The number of primary amides is 1. The summed E-state index contributed by atoms with van der Waals surface area (Å²) in [7, 11) is 0. The van der Waals surface area contributed by atoms with Crippen molar-refractivity contribution in [3.05, 3.63) is 101 Å². The zero-order valence-electron chi connectivity index (χ0n) is 20.1. The van der Waals surface area contributed by atoms with Crippen molar-refractivity contribution in [1.29, 1.82) is 0 Å². The smallest absolute Gasteiger partial charge is 0.444 e. The molecule has 190 valence electrons. The molecule has 0 radical (unpaired) electrons. The largest absolute Gasteiger partial charge is 0.489 e. The number of amides is 4. The van der Waals surface area contributed by atoms with Crippen molar-refractivity contribution in [2.24, 2.45) is 5.73 Å². The molecule has 9 nitrogen and oxygen atoms in total. The molecule has 1 aliphatic carbocycles. The number of aryl methyl sites for hydroxylation is 1. The molecule has 2 N–H and O–H groups in total. The molecule has 1 fully saturated rings. The molecule has 3 aromatic rings. The second-order valence-corrected chi connectivity index (χ2v) is 9.00. The molecule has 0 unspecified atom stereocenters. The Bertz CT molecular complexity index is 1280. The van der Waals surface area contributed by atoms with Crippen molar-refractivity contribution in [3.8, 4) is 5.75 Å². The predicted octanol–water partition coefficient (Wildman–Crippen LogP) is 4.75. The van der Waals surface area contributed by atoms with Gasteiger partial charge in [-0.1, -0.05) is 66.7 Å². The topological polar surface area (TPSA) is 111 Å². The molecule has 0 spiro atoms. The Hall–Kier alpha value is -4.53. The van der Waals surface area contributed by atoms with Crippen molar-refractivity contribution in [3.63, 3.8) is 0 Å². The fourth-order valence-electron chi connectivity index (χ4n) is 4.76. The van der Waals surface area contributed by atoms with Gasteiger partial charge in [0.05, 0.1) is 12.1 Å². The van der Waals surface area contributed by atoms with Gasteiger partial charge in [-0.3, -0.25) is 0 Å². The molecule has 1 heterocycles. The van der Waals surface area contributed by atoms with Crippen molar-refractivity contribution in [2.45, 2.75) is 38.0 Å². The molecule has 9 heteroatoms. The monoisotopic (exact) mass is 501 g/mol. The molecule has 2 atom stereocenters. The third kappa shape index (κ3) is 5.35. The average Bonchev–Trinajstić information content (AvgIpc) is 3.49. The van der Waals surface area contributed by atoms with Crippen molar-refractivity contribution < 1.29 is 28.7 Å². The van der Waals surface area contributed by atoms with Gasteiger partial charge in [0.15, 0.2) is 0 Å². The van der Waals surface area contributed by atoms with Gasteiger partial charge in [0.1, 0.15) is 19.0 Å². The van der Waals surface area contributed by atoms with E-state index in [0.717, 1.165) is 32.2 Å². The second kappa shape index (κ2) is 10.6. The quantitative estimate of drug-likeness (QED) is 0.488. The highest BCUT2D eigenvalue weighted by Crippen LogP contribution is 2.38. The zero-order valence-corrected chi connectivity index (χ0v) is 20.1. The number of carbonyl (C=O) groups is 3. The summed E-state index contributed by atoms with van der Waals surface area (Å²) >= 11 is 0. The number of hydrogen-bond donors (Lipinski definition) is 1. The van der Waals surface area contributed by atoms with Crippen LogP contribution in [0.25, 0.3) is 0 Å². The van der Waals surface area contributed by atoms with Gasteiger partial charge < -0.3 is 20.0 Å². The Balaban J connectivity index is 1.27. The van der Waals surface area contributed by atoms with Crippen molar-refractivity contribution in [2.75, 3.05) is 6.61 Å². The fraction of sp³-hybridized carbons (Fsp3) is 0.250. The van der Waals surface area contributed by atoms with Gasteiger partial charge in [0.2, 0.25) is 0 Å². The first-order chi connectivity index (χ1) is 18.0. The van der Waals surface area contributed by atoms with Gasteiger partial charge in [-0.2, -0.15) is 0 Å². The van der Waals surface area contributed by atoms with Crippen molar-refractivity contribution >= 4 is 18.2 Å². The number of benzene rings is 3. The number of ether oxygens (including phenoxy) is 2. The highest BCUT2D eigenvalue weighted by atomic mass is 16.7. The molecule has 1 aliphatic heterocycles. The maximum atomic E-state index is 13.0. The highest BCUT2D eigenvalue weighted by molar-refractivity contribution is 5.90. The molecule has 0 saturated carbocycles. The molecular formula is C28H27N3O6. The molecule has 3 aromatic carbocycles. The minimum Gasteiger partial charge on any atom is -0.489 e. The summed E-state index contributed by atoms with van der Waals surface area (Å²) in [6.45, 7) is 0.474. The van der Waals surface area contributed by atoms with Crippen LogP contribution >= 0.6 is 0 Å². The summed E-state index contributed by atoms with van der Waals surface area (Å²) < 4.78 is 11.0. The lowest BCUT2D eigenvalue weighted by atomic mass is 10.1. The molecule has 4 amide bonds. The van der Waals surface area contributed by atoms with Crippen LogP contribution in [0.3, 0.4) is 0 Å². The first kappa shape index (κ1) is 24.2. The summed E-state index contributed by atoms with van der Waals surface area (Å²) in [5.74, 6) is 0.703. The summed E-state index contributed by atoms with van der Waals surface area (Å²) in [6.07, 6.45) is -0.269. The SMILES string of the molecule is NC(=O)N(OC(=O)N1C(=O)OC[C@H]1Cc1ccccc1)[C@H]1CCc2cc(OCc3ccccc3)ccc21. The zero-order chi connectivity index (χ0) is 25.8. The van der Waals surface area contributed by atoms with E-state index in [4.69, 9.17) is 20.0 Å². The lowest BCUT2D eigenvalue weighted by Crippen LogP contribution is -2.47. The van der Waals surface area contributed by atoms with E-state index >= 15 is 0 Å². The number of hydrogen-bond acceptors (Lipinski definition) is 6. The number of nitrogens with zero attached hydrogens (tertiary/aromatic N) is 2. The number of imide groups is 1. The maximum Gasteiger partial charge on any atom is 0.444 e. The predicted molar refractivity (Wildman–Crippen MR) is 133 cm³/mol. The van der Waals surface area contributed by atoms with Crippen LogP contribution in [-0.2, 0) is 29.0 Å². The summed E-state index contributed by atoms with van der Waals surface area (Å²) in [5, 5.41) is 0.851. The number of hydroxylamine groups is 2. The van der Waals surface area contributed by atoms with E-state index in [2.05, 4.69) is 0 Å². The first-order valence-electron chi connectivity index (χ1n) is 12.1. The molecule has 2 aliphatic rings. The third-order valence-corrected chi connectivity index (χ3v) is 6.56. The number of fused-ring (bicyclic) bond motifs is 1. The van der Waals surface area contributed by atoms with Crippen LogP contribution in [0.4, 0.5) is 14.4 Å². The van der Waals surface area contributed by atoms with E-state index in [1.54, 1.807) is 0 Å². The third-order valence-electron chi connectivity index (χ3n) is 6.56. The van der Waals surface area contributed by atoms with E-state index in [1.165, 1.54) is 0 Å². The molecule has 5 rings (SSSR count). The number of urea groups is 1. The fourth-order valence-corrected chi connectivity index (χ4v) is 4.76. The molecule has 0 aromatic heterocycles. The lowest BCUT2D eigenvalue weighted by Gasteiger charge is -2.28. The Morgan fingerprint density at radius 2 is 1.70 bits per heavy atom. The number of cyclic esters (lactones) is 1. The van der Waals surface area contributed by atoms with Crippen molar-refractivity contribution in [1.82, 2.24) is 9.96 Å². The molecule has 1 saturated heterocycles. The maximum absolute atomic E-state index is 13.0. The Morgan fingerprint density at radius 3 is 2.41 bits per heavy atom. The second-order valence-electron chi connectivity index (χ2n) is 9.00. The van der Waals surface area contributed by atoms with Gasteiger partial charge in [-0.05, 0) is 53.6 Å². The molecule has 0 bridgehead atoms.